The smallest absolute Gasteiger partial charge is 0.400 e. The molecule has 2 aliphatic heterocycles. The van der Waals surface area contributed by atoms with E-state index in [1.807, 2.05) is 61.5 Å². The van der Waals surface area contributed by atoms with Crippen molar-refractivity contribution in [3.63, 3.8) is 0 Å². The molecule has 4 nitrogen and oxygen atoms in total. The van der Waals surface area contributed by atoms with Gasteiger partial charge in [0.1, 0.15) is 5.82 Å². The van der Waals surface area contributed by atoms with E-state index in [1.165, 1.54) is 12.1 Å². The summed E-state index contributed by atoms with van der Waals surface area (Å²) < 4.78 is 38.3. The zero-order valence-electron chi connectivity index (χ0n) is 17.6. The SMILES string of the molecule is CC1(C)OB(C(=Cc2ccc(F)cc2)B2OC(C)(C)C(C)(C)O2)OC1(C)C. The average molecular weight is 374 g/mol. The highest BCUT2D eigenvalue weighted by molar-refractivity contribution is 6.79. The number of halogens is 1. The summed E-state index contributed by atoms with van der Waals surface area (Å²) in [6.45, 7) is 16.1. The molecule has 0 N–H and O–H groups in total. The molecule has 2 heterocycles. The zero-order valence-corrected chi connectivity index (χ0v) is 17.6. The van der Waals surface area contributed by atoms with Crippen molar-refractivity contribution < 1.29 is 23.0 Å². The van der Waals surface area contributed by atoms with Crippen LogP contribution in [0.2, 0.25) is 0 Å². The van der Waals surface area contributed by atoms with E-state index in [-0.39, 0.29) is 5.82 Å². The molecule has 1 aromatic carbocycles. The van der Waals surface area contributed by atoms with Gasteiger partial charge in [0, 0.05) is 0 Å². The fraction of sp³-hybridized carbons (Fsp3) is 0.600. The predicted octanol–water partition coefficient (Wildman–Crippen LogP) is 4.47. The van der Waals surface area contributed by atoms with Crippen molar-refractivity contribution in [2.75, 3.05) is 0 Å². The lowest BCUT2D eigenvalue weighted by Gasteiger charge is -2.32. The Bertz CT molecular complexity index is 671. The van der Waals surface area contributed by atoms with Crippen LogP contribution in [0.25, 0.3) is 6.08 Å². The van der Waals surface area contributed by atoms with Gasteiger partial charge < -0.3 is 18.6 Å². The molecule has 0 spiro atoms. The van der Waals surface area contributed by atoms with Gasteiger partial charge in [0.05, 0.1) is 22.4 Å². The molecule has 7 heteroatoms. The van der Waals surface area contributed by atoms with Crippen molar-refractivity contribution in [2.24, 2.45) is 0 Å². The summed E-state index contributed by atoms with van der Waals surface area (Å²) in [6, 6.07) is 6.29. The zero-order chi connectivity index (χ0) is 20.3. The highest BCUT2D eigenvalue weighted by Crippen LogP contribution is 2.43. The van der Waals surface area contributed by atoms with E-state index in [9.17, 15) is 4.39 Å². The van der Waals surface area contributed by atoms with Crippen molar-refractivity contribution >= 4 is 20.3 Å². The minimum absolute atomic E-state index is 0.278. The monoisotopic (exact) mass is 374 g/mol. The van der Waals surface area contributed by atoms with Crippen LogP contribution in [0, 0.1) is 5.82 Å². The van der Waals surface area contributed by atoms with Crippen molar-refractivity contribution in [3.05, 3.63) is 41.0 Å². The second kappa shape index (κ2) is 6.45. The average Bonchev–Trinajstić information content (AvgIpc) is 2.86. The molecule has 2 saturated heterocycles. The predicted molar refractivity (Wildman–Crippen MR) is 107 cm³/mol. The minimum Gasteiger partial charge on any atom is -0.400 e. The molecule has 0 aliphatic carbocycles. The summed E-state index contributed by atoms with van der Waals surface area (Å²) >= 11 is 0. The van der Waals surface area contributed by atoms with Gasteiger partial charge in [-0.25, -0.2) is 4.39 Å². The van der Waals surface area contributed by atoms with E-state index in [4.69, 9.17) is 18.6 Å². The van der Waals surface area contributed by atoms with Gasteiger partial charge in [0.25, 0.3) is 0 Å². The van der Waals surface area contributed by atoms with E-state index in [0.29, 0.717) is 0 Å². The van der Waals surface area contributed by atoms with Crippen molar-refractivity contribution in [3.8, 4) is 0 Å². The maximum atomic E-state index is 13.3. The first-order valence-corrected chi connectivity index (χ1v) is 9.42. The van der Waals surface area contributed by atoms with Gasteiger partial charge in [-0.1, -0.05) is 18.2 Å². The van der Waals surface area contributed by atoms with Gasteiger partial charge in [-0.05, 0) is 78.5 Å². The normalized spacial score (nSPS) is 24.9. The molecule has 3 rings (SSSR count). The topological polar surface area (TPSA) is 36.9 Å². The molecule has 0 unspecified atom stereocenters. The molecule has 1 aromatic rings. The van der Waals surface area contributed by atoms with Crippen LogP contribution in [0.4, 0.5) is 4.39 Å². The number of rotatable bonds is 3. The van der Waals surface area contributed by atoms with Gasteiger partial charge in [-0.2, -0.15) is 0 Å². The first-order chi connectivity index (χ1) is 12.2. The summed E-state index contributed by atoms with van der Waals surface area (Å²) in [6.07, 6.45) is 1.91. The Labute approximate surface area is 162 Å². The third kappa shape index (κ3) is 3.75. The standard InChI is InChI=1S/C20H29B2FO4/c1-17(2)18(3,4)25-21(24-17)16(13-14-9-11-15(23)12-10-14)22-26-19(5,6)20(7,8)27-22/h9-13H,1-8H3. The summed E-state index contributed by atoms with van der Waals surface area (Å²) in [5, 5.41) is 0.735. The number of hydrogen-bond acceptors (Lipinski definition) is 4. The van der Waals surface area contributed by atoms with Gasteiger partial charge >= 0.3 is 14.2 Å². The van der Waals surface area contributed by atoms with Crippen molar-refractivity contribution in [1.29, 1.82) is 0 Å². The first-order valence-electron chi connectivity index (χ1n) is 9.42. The van der Waals surface area contributed by atoms with Crippen LogP contribution < -0.4 is 0 Å². The van der Waals surface area contributed by atoms with E-state index in [2.05, 4.69) is 0 Å². The highest BCUT2D eigenvalue weighted by Gasteiger charge is 2.59. The Morgan fingerprint density at radius 3 is 1.37 bits per heavy atom. The molecule has 0 atom stereocenters. The molecule has 27 heavy (non-hydrogen) atoms. The van der Waals surface area contributed by atoms with Crippen LogP contribution in [-0.2, 0) is 18.6 Å². The van der Waals surface area contributed by atoms with Crippen molar-refractivity contribution in [2.45, 2.75) is 77.8 Å². The Morgan fingerprint density at radius 2 is 1.04 bits per heavy atom. The third-order valence-corrected chi connectivity index (χ3v) is 6.25. The summed E-state index contributed by atoms with van der Waals surface area (Å²) in [4.78, 5) is 0. The Morgan fingerprint density at radius 1 is 0.704 bits per heavy atom. The lowest BCUT2D eigenvalue weighted by atomic mass is 9.57. The highest BCUT2D eigenvalue weighted by atomic mass is 19.1. The summed E-state index contributed by atoms with van der Waals surface area (Å²) in [5.41, 5.74) is -1.10. The molecule has 0 saturated carbocycles. The van der Waals surface area contributed by atoms with Crippen LogP contribution in [0.5, 0.6) is 0 Å². The maximum absolute atomic E-state index is 13.3. The molecular weight excluding hydrogens is 345 g/mol. The third-order valence-electron chi connectivity index (χ3n) is 6.25. The maximum Gasteiger partial charge on any atom is 0.486 e. The molecular formula is C20H29B2FO4. The van der Waals surface area contributed by atoms with E-state index < -0.39 is 36.6 Å². The van der Waals surface area contributed by atoms with Gasteiger partial charge in [0.2, 0.25) is 0 Å². The molecule has 2 fully saturated rings. The minimum atomic E-state index is -0.616. The van der Waals surface area contributed by atoms with Crippen LogP contribution in [0.15, 0.2) is 29.6 Å². The Kier molecular flexibility index (Phi) is 4.92. The number of benzene rings is 1. The van der Waals surface area contributed by atoms with E-state index in [1.54, 1.807) is 12.1 Å². The van der Waals surface area contributed by atoms with Gasteiger partial charge in [0.15, 0.2) is 0 Å². The molecule has 2 aliphatic rings. The first kappa shape index (κ1) is 20.6. The largest absolute Gasteiger partial charge is 0.486 e. The van der Waals surface area contributed by atoms with E-state index >= 15 is 0 Å². The quantitative estimate of drug-likeness (QED) is 0.732. The van der Waals surface area contributed by atoms with Crippen LogP contribution in [0.1, 0.15) is 61.0 Å². The van der Waals surface area contributed by atoms with Gasteiger partial charge in [-0.15, -0.1) is 0 Å². The fourth-order valence-corrected chi connectivity index (χ4v) is 2.96. The Hall–Kier alpha value is -1.14. The van der Waals surface area contributed by atoms with Crippen LogP contribution >= 0.6 is 0 Å². The molecule has 0 bridgehead atoms. The van der Waals surface area contributed by atoms with Crippen LogP contribution in [0.3, 0.4) is 0 Å². The fourth-order valence-electron chi connectivity index (χ4n) is 2.96. The number of hydrogen-bond donors (Lipinski definition) is 0. The molecule has 0 aromatic heterocycles. The van der Waals surface area contributed by atoms with Crippen molar-refractivity contribution in [1.82, 2.24) is 0 Å². The van der Waals surface area contributed by atoms with E-state index in [0.717, 1.165) is 10.9 Å². The molecule has 0 amide bonds. The second-order valence-corrected chi connectivity index (χ2v) is 9.37. The molecule has 0 radical (unpaired) electrons. The summed E-state index contributed by atoms with van der Waals surface area (Å²) in [7, 11) is -1.23. The van der Waals surface area contributed by atoms with Crippen LogP contribution in [-0.4, -0.2) is 36.6 Å². The second-order valence-electron chi connectivity index (χ2n) is 9.37. The Balaban J connectivity index is 2.00. The lowest BCUT2D eigenvalue weighted by Crippen LogP contribution is -2.41. The van der Waals surface area contributed by atoms with Gasteiger partial charge in [-0.3, -0.25) is 0 Å². The lowest BCUT2D eigenvalue weighted by molar-refractivity contribution is 0.00578. The summed E-state index contributed by atoms with van der Waals surface area (Å²) in [5.74, 6) is -0.278. The molecule has 146 valence electrons.